The maximum atomic E-state index is 12.4. The van der Waals surface area contributed by atoms with Crippen molar-refractivity contribution in [2.75, 3.05) is 33.8 Å². The van der Waals surface area contributed by atoms with E-state index in [0.29, 0.717) is 12.3 Å². The average Bonchev–Trinajstić information content (AvgIpc) is 2.88. The summed E-state index contributed by atoms with van der Waals surface area (Å²) in [5.41, 5.74) is 0.934. The van der Waals surface area contributed by atoms with Gasteiger partial charge < -0.3 is 15.0 Å². The Labute approximate surface area is 140 Å². The van der Waals surface area contributed by atoms with Crippen molar-refractivity contribution in [3.63, 3.8) is 0 Å². The van der Waals surface area contributed by atoms with Crippen molar-refractivity contribution in [1.82, 2.24) is 10.2 Å². The lowest BCUT2D eigenvalue weighted by molar-refractivity contribution is -0.129. The summed E-state index contributed by atoms with van der Waals surface area (Å²) >= 11 is 3.44. The Morgan fingerprint density at radius 3 is 2.95 bits per heavy atom. The second kappa shape index (κ2) is 8.61. The van der Waals surface area contributed by atoms with Crippen LogP contribution in [0, 0.1) is 5.92 Å². The Balaban J connectivity index is 0.00000220. The number of methoxy groups -OCH3 is 1. The number of hydrogen-bond acceptors (Lipinski definition) is 3. The Kier molecular flexibility index (Phi) is 7.49. The number of halogens is 2. The zero-order chi connectivity index (χ0) is 14.5. The van der Waals surface area contributed by atoms with Crippen molar-refractivity contribution in [1.29, 1.82) is 0 Å². The van der Waals surface area contributed by atoms with E-state index in [1.54, 1.807) is 7.11 Å². The summed E-state index contributed by atoms with van der Waals surface area (Å²) < 4.78 is 6.29. The fraction of sp³-hybridized carbons (Fsp3) is 0.533. The number of carbonyl (C=O) groups excluding carboxylic acids is 1. The Morgan fingerprint density at radius 2 is 2.29 bits per heavy atom. The molecule has 4 nitrogen and oxygen atoms in total. The minimum atomic E-state index is 0. The molecule has 1 saturated heterocycles. The Hall–Kier alpha value is -0.780. The highest BCUT2D eigenvalue weighted by Crippen LogP contribution is 2.25. The number of amides is 1. The predicted octanol–water partition coefficient (Wildman–Crippen LogP) is 2.49. The van der Waals surface area contributed by atoms with Gasteiger partial charge in [0.25, 0.3) is 0 Å². The van der Waals surface area contributed by atoms with Gasteiger partial charge >= 0.3 is 0 Å². The molecule has 1 aliphatic heterocycles. The first-order valence-electron chi connectivity index (χ1n) is 6.88. The Morgan fingerprint density at radius 1 is 1.52 bits per heavy atom. The number of nitrogens with zero attached hydrogens (tertiary/aromatic N) is 1. The van der Waals surface area contributed by atoms with E-state index in [1.165, 1.54) is 0 Å². The number of hydrogen-bond donors (Lipinski definition) is 1. The SMILES string of the molecule is CNCC1CCN(C(=O)Cc2cc(Br)ccc2OC)C1.Cl. The first kappa shape index (κ1) is 18.3. The molecule has 1 atom stereocenters. The maximum absolute atomic E-state index is 12.4. The molecule has 118 valence electrons. The molecular formula is C15H22BrClN2O2. The highest BCUT2D eigenvalue weighted by Gasteiger charge is 2.26. The molecule has 1 N–H and O–H groups in total. The molecule has 0 bridgehead atoms. The van der Waals surface area contributed by atoms with Crippen LogP contribution in [-0.4, -0.2) is 44.6 Å². The lowest BCUT2D eigenvalue weighted by Gasteiger charge is -2.17. The molecule has 2 rings (SSSR count). The molecule has 1 aliphatic rings. The van der Waals surface area contributed by atoms with E-state index < -0.39 is 0 Å². The third-order valence-electron chi connectivity index (χ3n) is 3.72. The van der Waals surface area contributed by atoms with E-state index in [-0.39, 0.29) is 18.3 Å². The quantitative estimate of drug-likeness (QED) is 0.857. The van der Waals surface area contributed by atoms with Gasteiger partial charge in [-0.2, -0.15) is 0 Å². The van der Waals surface area contributed by atoms with Crippen LogP contribution >= 0.6 is 28.3 Å². The zero-order valence-electron chi connectivity index (χ0n) is 12.4. The lowest BCUT2D eigenvalue weighted by Crippen LogP contribution is -2.31. The van der Waals surface area contributed by atoms with Gasteiger partial charge in [0.15, 0.2) is 0 Å². The van der Waals surface area contributed by atoms with Gasteiger partial charge in [-0.15, -0.1) is 12.4 Å². The van der Waals surface area contributed by atoms with Gasteiger partial charge in [-0.3, -0.25) is 4.79 Å². The summed E-state index contributed by atoms with van der Waals surface area (Å²) in [5.74, 6) is 1.53. The molecule has 1 amide bonds. The van der Waals surface area contributed by atoms with Crippen LogP contribution in [0.5, 0.6) is 5.75 Å². The van der Waals surface area contributed by atoms with Crippen molar-refractivity contribution in [3.05, 3.63) is 28.2 Å². The average molecular weight is 378 g/mol. The van der Waals surface area contributed by atoms with Crippen molar-refractivity contribution < 1.29 is 9.53 Å². The molecule has 0 aromatic heterocycles. The minimum absolute atomic E-state index is 0. The molecule has 0 aliphatic carbocycles. The standard InChI is InChI=1S/C15H21BrN2O2.ClH/c1-17-9-11-5-6-18(10-11)15(19)8-12-7-13(16)3-4-14(12)20-2;/h3-4,7,11,17H,5-6,8-10H2,1-2H3;1H. The van der Waals surface area contributed by atoms with Gasteiger partial charge in [0.2, 0.25) is 5.91 Å². The first-order valence-corrected chi connectivity index (χ1v) is 7.68. The summed E-state index contributed by atoms with van der Waals surface area (Å²) in [4.78, 5) is 14.3. The normalized spacial score (nSPS) is 17.5. The summed E-state index contributed by atoms with van der Waals surface area (Å²) in [6, 6.07) is 5.77. The lowest BCUT2D eigenvalue weighted by atomic mass is 10.1. The monoisotopic (exact) mass is 376 g/mol. The third kappa shape index (κ3) is 4.87. The van der Waals surface area contributed by atoms with Crippen molar-refractivity contribution in [2.24, 2.45) is 5.92 Å². The molecule has 1 unspecified atom stereocenters. The topological polar surface area (TPSA) is 41.6 Å². The minimum Gasteiger partial charge on any atom is -0.496 e. The van der Waals surface area contributed by atoms with Crippen LogP contribution in [0.3, 0.4) is 0 Å². The molecule has 0 spiro atoms. The molecule has 0 radical (unpaired) electrons. The highest BCUT2D eigenvalue weighted by atomic mass is 79.9. The summed E-state index contributed by atoms with van der Waals surface area (Å²) in [7, 11) is 3.59. The van der Waals surface area contributed by atoms with Crippen LogP contribution in [0.25, 0.3) is 0 Å². The van der Waals surface area contributed by atoms with Crippen molar-refractivity contribution >= 4 is 34.2 Å². The fourth-order valence-corrected chi connectivity index (χ4v) is 3.08. The fourth-order valence-electron chi connectivity index (χ4n) is 2.67. The van der Waals surface area contributed by atoms with E-state index in [0.717, 1.165) is 41.8 Å². The molecule has 0 saturated carbocycles. The van der Waals surface area contributed by atoms with Gasteiger partial charge in [-0.25, -0.2) is 0 Å². The van der Waals surface area contributed by atoms with E-state index in [4.69, 9.17) is 4.74 Å². The van der Waals surface area contributed by atoms with Gasteiger partial charge in [0.05, 0.1) is 13.5 Å². The molecule has 6 heteroatoms. The number of nitrogens with one attached hydrogen (secondary N) is 1. The van der Waals surface area contributed by atoms with Gasteiger partial charge in [0.1, 0.15) is 5.75 Å². The smallest absolute Gasteiger partial charge is 0.227 e. The van der Waals surface area contributed by atoms with Gasteiger partial charge in [-0.05, 0) is 44.1 Å². The third-order valence-corrected chi connectivity index (χ3v) is 4.21. The molecule has 21 heavy (non-hydrogen) atoms. The number of ether oxygens (including phenoxy) is 1. The zero-order valence-corrected chi connectivity index (χ0v) is 14.8. The number of benzene rings is 1. The van der Waals surface area contributed by atoms with Crippen molar-refractivity contribution in [2.45, 2.75) is 12.8 Å². The second-order valence-electron chi connectivity index (χ2n) is 5.19. The van der Waals surface area contributed by atoms with Gasteiger partial charge in [0, 0.05) is 23.1 Å². The Bertz CT molecular complexity index is 485. The van der Waals surface area contributed by atoms with E-state index in [2.05, 4.69) is 21.2 Å². The van der Waals surface area contributed by atoms with Crippen LogP contribution < -0.4 is 10.1 Å². The maximum Gasteiger partial charge on any atom is 0.227 e. The van der Waals surface area contributed by atoms with Crippen LogP contribution in [0.4, 0.5) is 0 Å². The van der Waals surface area contributed by atoms with Crippen molar-refractivity contribution in [3.8, 4) is 5.75 Å². The molecule has 1 aromatic rings. The highest BCUT2D eigenvalue weighted by molar-refractivity contribution is 9.10. The van der Waals surface area contributed by atoms with Crippen LogP contribution in [0.1, 0.15) is 12.0 Å². The van der Waals surface area contributed by atoms with E-state index in [1.807, 2.05) is 30.1 Å². The van der Waals surface area contributed by atoms with Crippen LogP contribution in [-0.2, 0) is 11.2 Å². The summed E-state index contributed by atoms with van der Waals surface area (Å²) in [6.07, 6.45) is 1.48. The molecule has 1 aromatic carbocycles. The number of rotatable bonds is 5. The largest absolute Gasteiger partial charge is 0.496 e. The summed E-state index contributed by atoms with van der Waals surface area (Å²) in [5, 5.41) is 3.18. The van der Waals surface area contributed by atoms with E-state index in [9.17, 15) is 4.79 Å². The van der Waals surface area contributed by atoms with Crippen LogP contribution in [0.15, 0.2) is 22.7 Å². The number of carbonyl (C=O) groups is 1. The molecule has 1 heterocycles. The second-order valence-corrected chi connectivity index (χ2v) is 6.10. The first-order chi connectivity index (χ1) is 9.63. The summed E-state index contributed by atoms with van der Waals surface area (Å²) in [6.45, 7) is 2.70. The molecule has 1 fully saturated rings. The van der Waals surface area contributed by atoms with Gasteiger partial charge in [-0.1, -0.05) is 15.9 Å². The predicted molar refractivity (Wildman–Crippen MR) is 90.3 cm³/mol. The molecular weight excluding hydrogens is 356 g/mol. The van der Waals surface area contributed by atoms with Crippen LogP contribution in [0.2, 0.25) is 0 Å². The number of likely N-dealkylation sites (tertiary alicyclic amines) is 1. The van der Waals surface area contributed by atoms with E-state index >= 15 is 0 Å².